The summed E-state index contributed by atoms with van der Waals surface area (Å²) >= 11 is 0. The van der Waals surface area contributed by atoms with Gasteiger partial charge in [0, 0.05) is 6.54 Å². The smallest absolute Gasteiger partial charge is 0.472 e. The Hall–Kier alpha value is -1.11. The Morgan fingerprint density at radius 2 is 1.81 bits per heavy atom. The molecule has 0 spiro atoms. The van der Waals surface area contributed by atoms with Gasteiger partial charge in [-0.2, -0.15) is 0 Å². The number of benzene rings is 1. The first-order valence-electron chi connectivity index (χ1n) is 6.57. The summed E-state index contributed by atoms with van der Waals surface area (Å²) in [5.41, 5.74) is 0.801. The number of aryl methyl sites for hydroxylation is 1. The van der Waals surface area contributed by atoms with Crippen LogP contribution >= 0.6 is 7.82 Å². The maximum Gasteiger partial charge on any atom is 0.472 e. The lowest BCUT2D eigenvalue weighted by Gasteiger charge is -2.14. The van der Waals surface area contributed by atoms with Gasteiger partial charge >= 0.3 is 7.82 Å². The van der Waals surface area contributed by atoms with Crippen LogP contribution in [0.2, 0.25) is 0 Å². The molecule has 0 aliphatic carbocycles. The number of hydrogen-bond donors (Lipinski definition) is 3. The summed E-state index contributed by atoms with van der Waals surface area (Å²) in [6, 6.07) is 4.51. The number of aromatic hydroxyl groups is 2. The first kappa shape index (κ1) is 17.9. The Morgan fingerprint density at radius 1 is 1.14 bits per heavy atom. The number of nitrogens with zero attached hydrogens (tertiary/aromatic N) is 1. The van der Waals surface area contributed by atoms with Crippen molar-refractivity contribution >= 4 is 7.82 Å². The molecule has 3 N–H and O–H groups in total. The van der Waals surface area contributed by atoms with Gasteiger partial charge in [-0.15, -0.1) is 0 Å². The molecule has 0 bridgehead atoms. The molecule has 1 aromatic rings. The van der Waals surface area contributed by atoms with E-state index in [0.717, 1.165) is 5.56 Å². The summed E-state index contributed by atoms with van der Waals surface area (Å²) in [4.78, 5) is 11.3. The van der Waals surface area contributed by atoms with E-state index in [9.17, 15) is 19.7 Å². The highest BCUT2D eigenvalue weighted by Gasteiger charge is 2.20. The molecule has 1 unspecified atom stereocenters. The van der Waals surface area contributed by atoms with E-state index >= 15 is 0 Å². The minimum absolute atomic E-state index is 0.0668. The van der Waals surface area contributed by atoms with E-state index in [1.54, 1.807) is 6.07 Å². The Morgan fingerprint density at radius 3 is 2.43 bits per heavy atom. The number of rotatable bonds is 9. The second-order valence-corrected chi connectivity index (χ2v) is 6.32. The minimum atomic E-state index is -4.00. The van der Waals surface area contributed by atoms with Crippen LogP contribution < -0.4 is 0 Å². The standard InChI is InChI=1S/C13H22NO6P/c1-14(2)7-9-20-21(17,18)19-8-3-4-11-5-6-12(15)13(16)10-11/h5-6,10,15-16H,3-4,7-9H2,1-2H3,(H,17,18). The predicted octanol–water partition coefficient (Wildman–Crippen LogP) is 1.73. The van der Waals surface area contributed by atoms with Gasteiger partial charge in [-0.05, 0) is 44.6 Å². The van der Waals surface area contributed by atoms with Crippen LogP contribution in [-0.2, 0) is 20.0 Å². The summed E-state index contributed by atoms with van der Waals surface area (Å²) < 4.78 is 21.2. The van der Waals surface area contributed by atoms with Crippen LogP contribution in [0.25, 0.3) is 0 Å². The Balaban J connectivity index is 2.26. The molecule has 1 aromatic carbocycles. The Kier molecular flexibility index (Phi) is 7.14. The highest BCUT2D eigenvalue weighted by atomic mass is 31.2. The molecule has 0 heterocycles. The van der Waals surface area contributed by atoms with E-state index in [4.69, 9.17) is 9.05 Å². The topological polar surface area (TPSA) is 99.5 Å². The molecule has 0 amide bonds. The van der Waals surface area contributed by atoms with E-state index in [1.165, 1.54) is 12.1 Å². The largest absolute Gasteiger partial charge is 0.504 e. The van der Waals surface area contributed by atoms with Crippen molar-refractivity contribution in [3.63, 3.8) is 0 Å². The lowest BCUT2D eigenvalue weighted by molar-refractivity contribution is 0.139. The van der Waals surface area contributed by atoms with Crippen molar-refractivity contribution in [1.29, 1.82) is 0 Å². The highest BCUT2D eigenvalue weighted by Crippen LogP contribution is 2.43. The van der Waals surface area contributed by atoms with Gasteiger partial charge in [-0.25, -0.2) is 4.57 Å². The van der Waals surface area contributed by atoms with E-state index in [1.807, 2.05) is 19.0 Å². The second-order valence-electron chi connectivity index (χ2n) is 4.86. The number of phosphoric acid groups is 1. The maximum atomic E-state index is 11.5. The van der Waals surface area contributed by atoms with Crippen LogP contribution in [0.1, 0.15) is 12.0 Å². The molecule has 21 heavy (non-hydrogen) atoms. The fraction of sp³-hybridized carbons (Fsp3) is 0.538. The van der Waals surface area contributed by atoms with Crippen molar-refractivity contribution in [3.05, 3.63) is 23.8 Å². The SMILES string of the molecule is CN(C)CCOP(=O)(O)OCCCc1ccc(O)c(O)c1. The minimum Gasteiger partial charge on any atom is -0.504 e. The molecule has 0 saturated heterocycles. The van der Waals surface area contributed by atoms with Gasteiger partial charge in [-0.3, -0.25) is 9.05 Å². The van der Waals surface area contributed by atoms with Gasteiger partial charge in [0.2, 0.25) is 0 Å². The number of phosphoric ester groups is 1. The molecular formula is C13H22NO6P. The summed E-state index contributed by atoms with van der Waals surface area (Å²) in [5.74, 6) is -0.364. The molecule has 0 fully saturated rings. The summed E-state index contributed by atoms with van der Waals surface area (Å²) in [6.45, 7) is 0.713. The summed E-state index contributed by atoms with van der Waals surface area (Å²) in [7, 11) is -0.338. The van der Waals surface area contributed by atoms with Crippen molar-refractivity contribution in [3.8, 4) is 11.5 Å². The number of phenols is 2. The molecule has 0 saturated carbocycles. The Bertz CT molecular complexity index is 494. The van der Waals surface area contributed by atoms with Crippen molar-refractivity contribution < 1.29 is 28.7 Å². The maximum absolute atomic E-state index is 11.5. The summed E-state index contributed by atoms with van der Waals surface area (Å²) in [6.07, 6.45) is 1.04. The van der Waals surface area contributed by atoms with Gasteiger partial charge in [0.15, 0.2) is 11.5 Å². The third kappa shape index (κ3) is 7.45. The van der Waals surface area contributed by atoms with Gasteiger partial charge in [0.05, 0.1) is 13.2 Å². The van der Waals surface area contributed by atoms with Gasteiger partial charge in [-0.1, -0.05) is 6.07 Å². The molecule has 0 aliphatic rings. The average Bonchev–Trinajstić information content (AvgIpc) is 2.38. The van der Waals surface area contributed by atoms with Crippen LogP contribution in [0.3, 0.4) is 0 Å². The van der Waals surface area contributed by atoms with Crippen LogP contribution in [0.4, 0.5) is 0 Å². The van der Waals surface area contributed by atoms with Crippen LogP contribution in [0.5, 0.6) is 11.5 Å². The number of likely N-dealkylation sites (N-methyl/N-ethyl adjacent to an activating group) is 1. The molecule has 0 aromatic heterocycles. The fourth-order valence-corrected chi connectivity index (χ4v) is 2.30. The first-order chi connectivity index (χ1) is 9.80. The first-order valence-corrected chi connectivity index (χ1v) is 8.07. The molecule has 1 rings (SSSR count). The molecule has 0 radical (unpaired) electrons. The van der Waals surface area contributed by atoms with Crippen molar-refractivity contribution in [2.24, 2.45) is 0 Å². The quantitative estimate of drug-likeness (QED) is 0.362. The van der Waals surface area contributed by atoms with Crippen molar-refractivity contribution in [2.45, 2.75) is 12.8 Å². The van der Waals surface area contributed by atoms with Gasteiger partial charge < -0.3 is 20.0 Å². The lowest BCUT2D eigenvalue weighted by Crippen LogP contribution is -2.17. The zero-order chi connectivity index (χ0) is 15.9. The molecule has 8 heteroatoms. The lowest BCUT2D eigenvalue weighted by atomic mass is 10.1. The van der Waals surface area contributed by atoms with E-state index in [-0.39, 0.29) is 24.7 Å². The zero-order valence-electron chi connectivity index (χ0n) is 12.2. The zero-order valence-corrected chi connectivity index (χ0v) is 13.1. The van der Waals surface area contributed by atoms with Gasteiger partial charge in [0.1, 0.15) is 0 Å². The van der Waals surface area contributed by atoms with Crippen molar-refractivity contribution in [1.82, 2.24) is 4.90 Å². The highest BCUT2D eigenvalue weighted by molar-refractivity contribution is 7.47. The molecular weight excluding hydrogens is 297 g/mol. The van der Waals surface area contributed by atoms with Crippen LogP contribution in [0.15, 0.2) is 18.2 Å². The third-order valence-corrected chi connectivity index (χ3v) is 3.71. The number of phenolic OH excluding ortho intramolecular Hbond substituents is 2. The van der Waals surface area contributed by atoms with Crippen molar-refractivity contribution in [2.75, 3.05) is 33.9 Å². The van der Waals surface area contributed by atoms with E-state index in [0.29, 0.717) is 19.4 Å². The van der Waals surface area contributed by atoms with Crippen LogP contribution in [-0.4, -0.2) is 53.9 Å². The second kappa shape index (κ2) is 8.36. The average molecular weight is 319 g/mol. The molecule has 0 aliphatic heterocycles. The third-order valence-electron chi connectivity index (χ3n) is 2.70. The number of hydrogen-bond acceptors (Lipinski definition) is 6. The van der Waals surface area contributed by atoms with Gasteiger partial charge in [0.25, 0.3) is 0 Å². The molecule has 7 nitrogen and oxygen atoms in total. The summed E-state index contributed by atoms with van der Waals surface area (Å²) in [5, 5.41) is 18.5. The monoisotopic (exact) mass is 319 g/mol. The van der Waals surface area contributed by atoms with E-state index < -0.39 is 7.82 Å². The molecule has 1 atom stereocenters. The molecule has 120 valence electrons. The predicted molar refractivity (Wildman–Crippen MR) is 78.4 cm³/mol. The van der Waals surface area contributed by atoms with E-state index in [2.05, 4.69) is 0 Å². The normalized spacial score (nSPS) is 14.3. The van der Waals surface area contributed by atoms with Crippen LogP contribution in [0, 0.1) is 0 Å². The Labute approximate surface area is 124 Å². The fourth-order valence-electron chi connectivity index (χ4n) is 1.56.